The van der Waals surface area contributed by atoms with Crippen LogP contribution in [0.2, 0.25) is 0 Å². The number of amides is 1. The number of hydrogen-bond acceptors (Lipinski definition) is 6. The van der Waals surface area contributed by atoms with Gasteiger partial charge in [-0.3, -0.25) is 4.90 Å². The third-order valence-corrected chi connectivity index (χ3v) is 5.40. The molecule has 2 aromatic rings. The van der Waals surface area contributed by atoms with E-state index in [-0.39, 0.29) is 18.2 Å². The molecule has 2 aliphatic rings. The normalized spacial score (nSPS) is 21.0. The molecule has 0 bridgehead atoms. The first kappa shape index (κ1) is 18.5. The van der Waals surface area contributed by atoms with Gasteiger partial charge < -0.3 is 14.4 Å². The number of carbonyl (C=O) groups is 1. The molecule has 7 nitrogen and oxygen atoms in total. The van der Waals surface area contributed by atoms with Crippen LogP contribution in [0.25, 0.3) is 0 Å². The van der Waals surface area contributed by atoms with Crippen molar-refractivity contribution in [2.24, 2.45) is 0 Å². The highest BCUT2D eigenvalue weighted by Gasteiger charge is 2.48. The maximum absolute atomic E-state index is 12.3. The number of fused-ring (bicyclic) bond motifs is 1. The molecular weight excluding hydrogens is 356 g/mol. The van der Waals surface area contributed by atoms with Crippen LogP contribution in [0, 0.1) is 13.8 Å². The molecule has 7 heteroatoms. The van der Waals surface area contributed by atoms with Gasteiger partial charge in [0, 0.05) is 24.5 Å². The predicted octanol–water partition coefficient (Wildman–Crippen LogP) is 2.74. The van der Waals surface area contributed by atoms with Crippen molar-refractivity contribution in [1.29, 1.82) is 0 Å². The topological polar surface area (TPSA) is 67.8 Å². The first-order chi connectivity index (χ1) is 13.5. The van der Waals surface area contributed by atoms with Crippen LogP contribution in [0.4, 0.5) is 10.7 Å². The van der Waals surface area contributed by atoms with E-state index in [0.717, 1.165) is 35.9 Å². The van der Waals surface area contributed by atoms with Crippen LogP contribution in [0.5, 0.6) is 5.75 Å². The van der Waals surface area contributed by atoms with E-state index in [9.17, 15) is 4.79 Å². The standard InChI is InChI=1S/C21H26N4O3/c1-14-11-15(2)23-20(22-14)24-12-18-19(13-24)28-21(26)25(18)10-4-5-16-6-8-17(27-3)9-7-16/h6-9,11,18-19H,4-5,10,12-13H2,1-3H3/t18-,19+/m1/s1. The Hall–Kier alpha value is -2.83. The largest absolute Gasteiger partial charge is 0.497 e. The Labute approximate surface area is 165 Å². The van der Waals surface area contributed by atoms with Crippen molar-refractivity contribution in [3.05, 3.63) is 47.3 Å². The zero-order valence-corrected chi connectivity index (χ0v) is 16.6. The summed E-state index contributed by atoms with van der Waals surface area (Å²) in [5, 5.41) is 0. The van der Waals surface area contributed by atoms with Crippen LogP contribution in [-0.4, -0.2) is 59.9 Å². The first-order valence-electron chi connectivity index (χ1n) is 9.71. The minimum atomic E-state index is -0.203. The lowest BCUT2D eigenvalue weighted by atomic mass is 10.1. The summed E-state index contributed by atoms with van der Waals surface area (Å²) >= 11 is 0. The van der Waals surface area contributed by atoms with Gasteiger partial charge in [-0.15, -0.1) is 0 Å². The summed E-state index contributed by atoms with van der Waals surface area (Å²) in [6.07, 6.45) is 1.49. The molecule has 1 aromatic heterocycles. The summed E-state index contributed by atoms with van der Waals surface area (Å²) < 4.78 is 10.8. The van der Waals surface area contributed by atoms with E-state index in [1.54, 1.807) is 7.11 Å². The molecule has 28 heavy (non-hydrogen) atoms. The number of methoxy groups -OCH3 is 1. The molecule has 2 saturated heterocycles. The van der Waals surface area contributed by atoms with Gasteiger partial charge in [0.05, 0.1) is 19.7 Å². The number of anilines is 1. The van der Waals surface area contributed by atoms with E-state index in [0.29, 0.717) is 19.6 Å². The molecule has 1 aromatic carbocycles. The van der Waals surface area contributed by atoms with E-state index in [1.165, 1.54) is 5.56 Å². The zero-order chi connectivity index (χ0) is 19.7. The predicted molar refractivity (Wildman–Crippen MR) is 106 cm³/mol. The lowest BCUT2D eigenvalue weighted by molar-refractivity contribution is 0.135. The van der Waals surface area contributed by atoms with Gasteiger partial charge in [-0.05, 0) is 50.5 Å². The van der Waals surface area contributed by atoms with E-state index in [1.807, 2.05) is 36.9 Å². The number of aryl methyl sites for hydroxylation is 3. The SMILES string of the molecule is COc1ccc(CCCN2C(=O)O[C@H]3CN(c4nc(C)cc(C)n4)C[C@H]32)cc1. The highest BCUT2D eigenvalue weighted by Crippen LogP contribution is 2.29. The zero-order valence-electron chi connectivity index (χ0n) is 16.6. The maximum atomic E-state index is 12.3. The van der Waals surface area contributed by atoms with Crippen LogP contribution in [0.3, 0.4) is 0 Å². The minimum Gasteiger partial charge on any atom is -0.497 e. The van der Waals surface area contributed by atoms with Crippen LogP contribution >= 0.6 is 0 Å². The van der Waals surface area contributed by atoms with E-state index in [2.05, 4.69) is 27.0 Å². The summed E-state index contributed by atoms with van der Waals surface area (Å²) in [4.78, 5) is 25.4. The molecule has 2 atom stereocenters. The van der Waals surface area contributed by atoms with Gasteiger partial charge in [0.15, 0.2) is 0 Å². The molecule has 2 fully saturated rings. The van der Waals surface area contributed by atoms with Crippen LogP contribution < -0.4 is 9.64 Å². The first-order valence-corrected chi connectivity index (χ1v) is 9.71. The highest BCUT2D eigenvalue weighted by molar-refractivity contribution is 5.71. The number of aromatic nitrogens is 2. The second kappa shape index (κ2) is 7.66. The van der Waals surface area contributed by atoms with Crippen molar-refractivity contribution in [3.8, 4) is 5.75 Å². The average Bonchev–Trinajstić information content (AvgIpc) is 3.20. The fourth-order valence-corrected chi connectivity index (χ4v) is 4.02. The quantitative estimate of drug-likeness (QED) is 0.765. The Morgan fingerprint density at radius 3 is 2.54 bits per heavy atom. The third kappa shape index (κ3) is 3.74. The van der Waals surface area contributed by atoms with Crippen molar-refractivity contribution >= 4 is 12.0 Å². The average molecular weight is 382 g/mol. The van der Waals surface area contributed by atoms with Gasteiger partial charge in [0.25, 0.3) is 0 Å². The molecule has 0 radical (unpaired) electrons. The number of benzene rings is 1. The van der Waals surface area contributed by atoms with Gasteiger partial charge in [0.1, 0.15) is 11.9 Å². The molecule has 1 amide bonds. The Kier molecular flexibility index (Phi) is 5.07. The Bertz CT molecular complexity index is 835. The molecule has 3 heterocycles. The number of nitrogens with zero attached hydrogens (tertiary/aromatic N) is 4. The lowest BCUT2D eigenvalue weighted by Gasteiger charge is -2.22. The van der Waals surface area contributed by atoms with Gasteiger partial charge in [0.2, 0.25) is 5.95 Å². The lowest BCUT2D eigenvalue weighted by Crippen LogP contribution is -2.39. The number of ether oxygens (including phenoxy) is 2. The molecule has 0 unspecified atom stereocenters. The Morgan fingerprint density at radius 1 is 1.14 bits per heavy atom. The summed E-state index contributed by atoms with van der Waals surface area (Å²) in [6.45, 7) is 5.99. The van der Waals surface area contributed by atoms with Crippen LogP contribution in [0.15, 0.2) is 30.3 Å². The second-order valence-electron chi connectivity index (χ2n) is 7.49. The second-order valence-corrected chi connectivity index (χ2v) is 7.49. The van der Waals surface area contributed by atoms with Crippen molar-refractivity contribution in [2.45, 2.75) is 38.8 Å². The van der Waals surface area contributed by atoms with E-state index < -0.39 is 0 Å². The Morgan fingerprint density at radius 2 is 1.86 bits per heavy atom. The van der Waals surface area contributed by atoms with E-state index >= 15 is 0 Å². The highest BCUT2D eigenvalue weighted by atomic mass is 16.6. The third-order valence-electron chi connectivity index (χ3n) is 5.40. The Balaban J connectivity index is 1.36. The molecule has 0 spiro atoms. The summed E-state index contributed by atoms with van der Waals surface area (Å²) in [6, 6.07) is 10.1. The fourth-order valence-electron chi connectivity index (χ4n) is 4.02. The van der Waals surface area contributed by atoms with Gasteiger partial charge >= 0.3 is 6.09 Å². The summed E-state index contributed by atoms with van der Waals surface area (Å²) in [7, 11) is 1.67. The maximum Gasteiger partial charge on any atom is 0.410 e. The minimum absolute atomic E-state index is 0.0628. The molecule has 0 N–H and O–H groups in total. The monoisotopic (exact) mass is 382 g/mol. The van der Waals surface area contributed by atoms with Crippen LogP contribution in [0.1, 0.15) is 23.4 Å². The van der Waals surface area contributed by atoms with Gasteiger partial charge in [-0.25, -0.2) is 14.8 Å². The van der Waals surface area contributed by atoms with Gasteiger partial charge in [-0.2, -0.15) is 0 Å². The molecule has 4 rings (SSSR count). The summed E-state index contributed by atoms with van der Waals surface area (Å²) in [5.41, 5.74) is 3.14. The molecular formula is C21H26N4O3. The molecule has 2 aliphatic heterocycles. The number of hydrogen-bond donors (Lipinski definition) is 0. The fraction of sp³-hybridized carbons (Fsp3) is 0.476. The van der Waals surface area contributed by atoms with Gasteiger partial charge in [-0.1, -0.05) is 12.1 Å². The van der Waals surface area contributed by atoms with Crippen molar-refractivity contribution in [1.82, 2.24) is 14.9 Å². The van der Waals surface area contributed by atoms with Crippen LogP contribution in [-0.2, 0) is 11.2 Å². The molecule has 148 valence electrons. The van der Waals surface area contributed by atoms with Crippen molar-refractivity contribution in [2.75, 3.05) is 31.6 Å². The summed E-state index contributed by atoms with van der Waals surface area (Å²) in [5.74, 6) is 1.58. The van der Waals surface area contributed by atoms with Crippen molar-refractivity contribution < 1.29 is 14.3 Å². The molecule has 0 aliphatic carbocycles. The van der Waals surface area contributed by atoms with Crippen molar-refractivity contribution in [3.63, 3.8) is 0 Å². The molecule has 0 saturated carbocycles. The van der Waals surface area contributed by atoms with E-state index in [4.69, 9.17) is 9.47 Å². The number of carbonyl (C=O) groups excluding carboxylic acids is 1. The smallest absolute Gasteiger partial charge is 0.410 e. The number of rotatable bonds is 6.